The average molecular weight is 298 g/mol. The van der Waals surface area contributed by atoms with Crippen LogP contribution in [0.25, 0.3) is 11.1 Å². The zero-order valence-electron chi connectivity index (χ0n) is 11.9. The molecule has 112 valence electrons. The van der Waals surface area contributed by atoms with Crippen LogP contribution in [0.5, 0.6) is 0 Å². The molecule has 0 unspecified atom stereocenters. The molecule has 0 spiro atoms. The number of carbonyl (C=O) groups is 1. The third-order valence-corrected chi connectivity index (χ3v) is 3.32. The Morgan fingerprint density at radius 3 is 3.09 bits per heavy atom. The summed E-state index contributed by atoms with van der Waals surface area (Å²) >= 11 is 0. The maximum atomic E-state index is 12.3. The second-order valence-corrected chi connectivity index (χ2v) is 4.81. The van der Waals surface area contributed by atoms with Crippen LogP contribution in [0.4, 0.5) is 0 Å². The van der Waals surface area contributed by atoms with Gasteiger partial charge in [0.15, 0.2) is 0 Å². The molecule has 2 N–H and O–H groups in total. The predicted octanol–water partition coefficient (Wildman–Crippen LogP) is 1.19. The van der Waals surface area contributed by atoms with Crippen LogP contribution in [0, 0.1) is 6.92 Å². The van der Waals surface area contributed by atoms with Crippen molar-refractivity contribution in [1.82, 2.24) is 20.3 Å². The van der Waals surface area contributed by atoms with Crippen molar-refractivity contribution >= 4 is 17.0 Å². The van der Waals surface area contributed by atoms with Crippen LogP contribution >= 0.6 is 0 Å². The molecule has 7 heteroatoms. The monoisotopic (exact) mass is 298 g/mol. The topological polar surface area (TPSA) is 101 Å². The number of aryl methyl sites for hydroxylation is 1. The fourth-order valence-electron chi connectivity index (χ4n) is 2.28. The van der Waals surface area contributed by atoms with Gasteiger partial charge in [-0.15, -0.1) is 0 Å². The summed E-state index contributed by atoms with van der Waals surface area (Å²) in [6.45, 7) is 2.08. The van der Waals surface area contributed by atoms with E-state index in [2.05, 4.69) is 20.3 Å². The molecule has 0 fully saturated rings. The zero-order valence-corrected chi connectivity index (χ0v) is 11.9. The number of amides is 1. The summed E-state index contributed by atoms with van der Waals surface area (Å²) in [5.74, 6) is 0.0247. The first-order valence-electron chi connectivity index (χ1n) is 6.80. The Hall–Kier alpha value is -2.96. The lowest BCUT2D eigenvalue weighted by Gasteiger charge is -2.04. The summed E-state index contributed by atoms with van der Waals surface area (Å²) in [4.78, 5) is 34.6. The van der Waals surface area contributed by atoms with Crippen molar-refractivity contribution in [1.29, 1.82) is 0 Å². The number of furan rings is 1. The third kappa shape index (κ3) is 2.60. The van der Waals surface area contributed by atoms with Crippen molar-refractivity contribution in [2.24, 2.45) is 0 Å². The minimum Gasteiger partial charge on any atom is -0.442 e. The number of rotatable bonds is 4. The largest absolute Gasteiger partial charge is 0.442 e. The highest BCUT2D eigenvalue weighted by molar-refractivity contribution is 6.06. The Morgan fingerprint density at radius 2 is 2.32 bits per heavy atom. The number of pyridine rings is 1. The lowest BCUT2D eigenvalue weighted by atomic mass is 10.1. The second kappa shape index (κ2) is 5.80. The molecule has 0 atom stereocenters. The molecule has 0 aliphatic rings. The van der Waals surface area contributed by atoms with Crippen molar-refractivity contribution in [3.63, 3.8) is 0 Å². The first kappa shape index (κ1) is 14.0. The Labute approximate surface area is 125 Å². The molecule has 0 saturated carbocycles. The first-order chi connectivity index (χ1) is 10.7. The molecular formula is C15H14N4O3. The quantitative estimate of drug-likeness (QED) is 0.753. The van der Waals surface area contributed by atoms with Gasteiger partial charge in [0.25, 0.3) is 11.5 Å². The van der Waals surface area contributed by atoms with Crippen LogP contribution in [0.3, 0.4) is 0 Å². The number of hydrogen-bond acceptors (Lipinski definition) is 5. The Kier molecular flexibility index (Phi) is 3.69. The van der Waals surface area contributed by atoms with Crippen LogP contribution in [0.1, 0.15) is 21.7 Å². The molecule has 0 aromatic carbocycles. The average Bonchev–Trinajstić information content (AvgIpc) is 2.86. The lowest BCUT2D eigenvalue weighted by molar-refractivity contribution is 0.0954. The van der Waals surface area contributed by atoms with Gasteiger partial charge in [-0.3, -0.25) is 14.6 Å². The molecule has 0 aliphatic heterocycles. The van der Waals surface area contributed by atoms with Crippen molar-refractivity contribution in [3.05, 3.63) is 58.1 Å². The fourth-order valence-corrected chi connectivity index (χ4v) is 2.28. The van der Waals surface area contributed by atoms with Gasteiger partial charge in [0.1, 0.15) is 11.1 Å². The highest BCUT2D eigenvalue weighted by Gasteiger charge is 2.21. The first-order valence-corrected chi connectivity index (χ1v) is 6.80. The molecule has 7 nitrogen and oxygen atoms in total. The van der Waals surface area contributed by atoms with Crippen LogP contribution in [-0.2, 0) is 6.42 Å². The molecule has 1 amide bonds. The molecule has 0 saturated heterocycles. The minimum absolute atomic E-state index is 0.165. The van der Waals surface area contributed by atoms with Crippen molar-refractivity contribution in [2.45, 2.75) is 13.3 Å². The number of hydrogen-bond donors (Lipinski definition) is 2. The van der Waals surface area contributed by atoms with E-state index in [1.807, 2.05) is 12.1 Å². The summed E-state index contributed by atoms with van der Waals surface area (Å²) in [7, 11) is 0. The predicted molar refractivity (Wildman–Crippen MR) is 79.6 cm³/mol. The fraction of sp³-hybridized carbons (Fsp3) is 0.200. The van der Waals surface area contributed by atoms with Gasteiger partial charge in [-0.05, 0) is 25.0 Å². The van der Waals surface area contributed by atoms with E-state index in [9.17, 15) is 9.59 Å². The van der Waals surface area contributed by atoms with Gasteiger partial charge in [-0.25, -0.2) is 4.98 Å². The summed E-state index contributed by atoms with van der Waals surface area (Å²) in [5.41, 5.74) is 1.03. The number of carbonyl (C=O) groups excluding carboxylic acids is 1. The standard InChI is InChI=1S/C15H14N4O3/c1-9-11(12-14(21)18-8-19-15(12)22-9)13(20)17-6-4-10-3-2-5-16-7-10/h2-3,5,7-8H,4,6H2,1H3,(H,17,20)(H,18,19,21). The molecule has 0 radical (unpaired) electrons. The molecule has 0 bridgehead atoms. The SMILES string of the molecule is Cc1oc2nc[nH]c(=O)c2c1C(=O)NCCc1cccnc1. The van der Waals surface area contributed by atoms with E-state index in [-0.39, 0.29) is 28.1 Å². The van der Waals surface area contributed by atoms with E-state index in [1.165, 1.54) is 6.33 Å². The van der Waals surface area contributed by atoms with Gasteiger partial charge >= 0.3 is 0 Å². The third-order valence-electron chi connectivity index (χ3n) is 3.32. The summed E-state index contributed by atoms with van der Waals surface area (Å²) < 4.78 is 5.36. The summed E-state index contributed by atoms with van der Waals surface area (Å²) in [5, 5.41) is 2.97. The number of nitrogens with one attached hydrogen (secondary N) is 2. The van der Waals surface area contributed by atoms with Crippen molar-refractivity contribution in [2.75, 3.05) is 6.54 Å². The molecule has 3 aromatic heterocycles. The van der Waals surface area contributed by atoms with E-state index in [4.69, 9.17) is 4.42 Å². The molecule has 22 heavy (non-hydrogen) atoms. The van der Waals surface area contributed by atoms with Crippen LogP contribution in [0.15, 0.2) is 40.1 Å². The van der Waals surface area contributed by atoms with Gasteiger partial charge in [0.05, 0.1) is 11.9 Å². The highest BCUT2D eigenvalue weighted by Crippen LogP contribution is 2.20. The van der Waals surface area contributed by atoms with Gasteiger partial charge in [0.2, 0.25) is 5.71 Å². The Bertz CT molecular complexity index is 867. The van der Waals surface area contributed by atoms with Crippen LogP contribution in [0.2, 0.25) is 0 Å². The van der Waals surface area contributed by atoms with Gasteiger partial charge in [-0.2, -0.15) is 0 Å². The van der Waals surface area contributed by atoms with E-state index in [0.717, 1.165) is 5.56 Å². The molecule has 3 rings (SSSR count). The smallest absolute Gasteiger partial charge is 0.262 e. The van der Waals surface area contributed by atoms with Crippen LogP contribution < -0.4 is 10.9 Å². The van der Waals surface area contributed by atoms with Crippen molar-refractivity contribution in [3.8, 4) is 0 Å². The van der Waals surface area contributed by atoms with E-state index in [0.29, 0.717) is 18.7 Å². The van der Waals surface area contributed by atoms with E-state index >= 15 is 0 Å². The summed E-state index contributed by atoms with van der Waals surface area (Å²) in [6.07, 6.45) is 5.35. The molecule has 0 aliphatic carbocycles. The normalized spacial score (nSPS) is 10.8. The van der Waals surface area contributed by atoms with E-state index in [1.54, 1.807) is 19.3 Å². The number of fused-ring (bicyclic) bond motifs is 1. The zero-order chi connectivity index (χ0) is 15.5. The maximum Gasteiger partial charge on any atom is 0.262 e. The van der Waals surface area contributed by atoms with Crippen molar-refractivity contribution < 1.29 is 9.21 Å². The molecule has 3 aromatic rings. The minimum atomic E-state index is -0.390. The number of aromatic nitrogens is 3. The maximum absolute atomic E-state index is 12.3. The number of H-pyrrole nitrogens is 1. The number of nitrogens with zero attached hydrogens (tertiary/aromatic N) is 2. The van der Waals surface area contributed by atoms with Gasteiger partial charge in [0, 0.05) is 18.9 Å². The second-order valence-electron chi connectivity index (χ2n) is 4.81. The van der Waals surface area contributed by atoms with E-state index < -0.39 is 0 Å². The van der Waals surface area contributed by atoms with Crippen LogP contribution in [-0.4, -0.2) is 27.4 Å². The summed E-state index contributed by atoms with van der Waals surface area (Å²) in [6, 6.07) is 3.78. The highest BCUT2D eigenvalue weighted by atomic mass is 16.3. The Balaban J connectivity index is 1.78. The molecule has 3 heterocycles. The number of aromatic amines is 1. The Morgan fingerprint density at radius 1 is 1.45 bits per heavy atom. The van der Waals surface area contributed by atoms with Gasteiger partial charge in [-0.1, -0.05) is 6.07 Å². The lowest BCUT2D eigenvalue weighted by Crippen LogP contribution is -2.27. The van der Waals surface area contributed by atoms with Gasteiger partial charge < -0.3 is 14.7 Å². The molecular weight excluding hydrogens is 284 g/mol.